The highest BCUT2D eigenvalue weighted by Gasteiger charge is 2.15. The molecule has 3 N–H and O–H groups in total. The molecule has 0 saturated carbocycles. The summed E-state index contributed by atoms with van der Waals surface area (Å²) >= 11 is 0. The van der Waals surface area contributed by atoms with Gasteiger partial charge in [-0.1, -0.05) is 0 Å². The molecule has 1 unspecified atom stereocenters. The summed E-state index contributed by atoms with van der Waals surface area (Å²) in [4.78, 5) is 11.9. The number of carbonyl (C=O) groups excluding carboxylic acids is 1. The van der Waals surface area contributed by atoms with Crippen molar-refractivity contribution in [3.05, 3.63) is 29.3 Å². The van der Waals surface area contributed by atoms with Crippen LogP contribution >= 0.6 is 0 Å². The molecule has 2 rings (SSSR count). The first kappa shape index (κ1) is 11.9. The van der Waals surface area contributed by atoms with Crippen molar-refractivity contribution < 1.29 is 9.53 Å². The molecular formula is C13H18N2O2. The lowest BCUT2D eigenvalue weighted by molar-refractivity contribution is 0.0939. The summed E-state index contributed by atoms with van der Waals surface area (Å²) < 4.78 is 5.40. The molecule has 1 aliphatic rings. The summed E-state index contributed by atoms with van der Waals surface area (Å²) in [5, 5.41) is 2.93. The molecule has 4 heteroatoms. The molecule has 1 aromatic rings. The maximum Gasteiger partial charge on any atom is 0.251 e. The van der Waals surface area contributed by atoms with E-state index in [9.17, 15) is 4.79 Å². The number of nitrogens with one attached hydrogen (secondary N) is 1. The van der Waals surface area contributed by atoms with Crippen LogP contribution in [0.5, 0.6) is 5.75 Å². The molecule has 1 amide bonds. The van der Waals surface area contributed by atoms with Crippen LogP contribution in [0.15, 0.2) is 18.2 Å². The molecule has 4 nitrogen and oxygen atoms in total. The average Bonchev–Trinajstić information content (AvgIpc) is 2.75. The average molecular weight is 234 g/mol. The monoisotopic (exact) mass is 234 g/mol. The zero-order valence-corrected chi connectivity index (χ0v) is 10.0. The van der Waals surface area contributed by atoms with Crippen molar-refractivity contribution in [1.82, 2.24) is 5.32 Å². The second kappa shape index (κ2) is 5.19. The molecule has 1 aromatic carbocycles. The van der Waals surface area contributed by atoms with Gasteiger partial charge in [0.25, 0.3) is 5.91 Å². The highest BCUT2D eigenvalue weighted by Crippen LogP contribution is 2.25. The SMILES string of the molecule is CC(CCN)NC(=O)c1ccc2c(c1)CCO2. The Kier molecular flexibility index (Phi) is 3.64. The molecule has 1 atom stereocenters. The Balaban J connectivity index is 2.04. The standard InChI is InChI=1S/C13H18N2O2/c1-9(4-6-14)15-13(16)11-2-3-12-10(8-11)5-7-17-12/h2-3,8-9H,4-7,14H2,1H3,(H,15,16). The quantitative estimate of drug-likeness (QED) is 0.819. The van der Waals surface area contributed by atoms with Crippen molar-refractivity contribution in [3.8, 4) is 5.75 Å². The smallest absolute Gasteiger partial charge is 0.251 e. The first-order valence-corrected chi connectivity index (χ1v) is 5.97. The molecule has 0 bridgehead atoms. The van der Waals surface area contributed by atoms with Gasteiger partial charge in [-0.15, -0.1) is 0 Å². The minimum Gasteiger partial charge on any atom is -0.493 e. The Morgan fingerprint density at radius 3 is 3.18 bits per heavy atom. The summed E-state index contributed by atoms with van der Waals surface area (Å²) in [5.74, 6) is 0.859. The van der Waals surface area contributed by atoms with Crippen LogP contribution in [-0.2, 0) is 6.42 Å². The molecular weight excluding hydrogens is 216 g/mol. The van der Waals surface area contributed by atoms with Crippen LogP contribution in [0.4, 0.5) is 0 Å². The van der Waals surface area contributed by atoms with Gasteiger partial charge < -0.3 is 15.8 Å². The molecule has 92 valence electrons. The van der Waals surface area contributed by atoms with Gasteiger partial charge in [0.2, 0.25) is 0 Å². The van der Waals surface area contributed by atoms with Crippen molar-refractivity contribution in [2.24, 2.45) is 5.73 Å². The molecule has 0 spiro atoms. The molecule has 0 saturated heterocycles. The predicted molar refractivity (Wildman–Crippen MR) is 66.2 cm³/mol. The van der Waals surface area contributed by atoms with Crippen molar-refractivity contribution in [2.75, 3.05) is 13.2 Å². The lowest BCUT2D eigenvalue weighted by Gasteiger charge is -2.13. The van der Waals surface area contributed by atoms with Gasteiger partial charge in [-0.2, -0.15) is 0 Å². The van der Waals surface area contributed by atoms with E-state index in [1.165, 1.54) is 0 Å². The molecule has 0 fully saturated rings. The van der Waals surface area contributed by atoms with Gasteiger partial charge in [0.05, 0.1) is 6.61 Å². The maximum atomic E-state index is 11.9. The van der Waals surface area contributed by atoms with Crippen LogP contribution in [0, 0.1) is 0 Å². The van der Waals surface area contributed by atoms with E-state index >= 15 is 0 Å². The van der Waals surface area contributed by atoms with E-state index in [1.54, 1.807) is 6.07 Å². The van der Waals surface area contributed by atoms with Crippen LogP contribution in [0.2, 0.25) is 0 Å². The van der Waals surface area contributed by atoms with Crippen LogP contribution < -0.4 is 15.8 Å². The molecule has 1 heterocycles. The third-order valence-electron chi connectivity index (χ3n) is 2.93. The Hall–Kier alpha value is -1.55. The van der Waals surface area contributed by atoms with Gasteiger partial charge in [-0.05, 0) is 43.7 Å². The second-order valence-electron chi connectivity index (χ2n) is 4.37. The van der Waals surface area contributed by atoms with Gasteiger partial charge in [0.15, 0.2) is 0 Å². The fourth-order valence-electron chi connectivity index (χ4n) is 1.96. The normalized spacial score (nSPS) is 14.9. The van der Waals surface area contributed by atoms with E-state index < -0.39 is 0 Å². The van der Waals surface area contributed by atoms with E-state index in [4.69, 9.17) is 10.5 Å². The minimum atomic E-state index is -0.0411. The fraction of sp³-hybridized carbons (Fsp3) is 0.462. The van der Waals surface area contributed by atoms with Crippen LogP contribution in [0.1, 0.15) is 29.3 Å². The highest BCUT2D eigenvalue weighted by atomic mass is 16.5. The van der Waals surface area contributed by atoms with E-state index in [0.717, 1.165) is 24.2 Å². The summed E-state index contributed by atoms with van der Waals surface area (Å²) in [6.07, 6.45) is 1.68. The first-order chi connectivity index (χ1) is 8.20. The molecule has 17 heavy (non-hydrogen) atoms. The Morgan fingerprint density at radius 2 is 2.41 bits per heavy atom. The maximum absolute atomic E-state index is 11.9. The number of ether oxygens (including phenoxy) is 1. The summed E-state index contributed by atoms with van der Waals surface area (Å²) in [5.41, 5.74) is 7.26. The number of rotatable bonds is 4. The second-order valence-corrected chi connectivity index (χ2v) is 4.37. The largest absolute Gasteiger partial charge is 0.493 e. The topological polar surface area (TPSA) is 64.3 Å². The third-order valence-corrected chi connectivity index (χ3v) is 2.93. The van der Waals surface area contributed by atoms with E-state index in [0.29, 0.717) is 18.7 Å². The Morgan fingerprint density at radius 1 is 1.59 bits per heavy atom. The summed E-state index contributed by atoms with van der Waals surface area (Å²) in [6, 6.07) is 5.68. The molecule has 1 aliphatic heterocycles. The predicted octanol–water partition coefficient (Wildman–Crippen LogP) is 1.09. The van der Waals surface area contributed by atoms with Crippen molar-refractivity contribution in [3.63, 3.8) is 0 Å². The van der Waals surface area contributed by atoms with E-state index in [1.807, 2.05) is 19.1 Å². The number of benzene rings is 1. The van der Waals surface area contributed by atoms with Crippen molar-refractivity contribution in [2.45, 2.75) is 25.8 Å². The Labute approximate surface area is 101 Å². The third kappa shape index (κ3) is 2.77. The zero-order chi connectivity index (χ0) is 12.3. The van der Waals surface area contributed by atoms with Crippen molar-refractivity contribution >= 4 is 5.91 Å². The molecule has 0 radical (unpaired) electrons. The first-order valence-electron chi connectivity index (χ1n) is 5.97. The number of carbonyl (C=O) groups is 1. The van der Waals surface area contributed by atoms with Gasteiger partial charge in [-0.25, -0.2) is 0 Å². The highest BCUT2D eigenvalue weighted by molar-refractivity contribution is 5.94. The van der Waals surface area contributed by atoms with Gasteiger partial charge in [0.1, 0.15) is 5.75 Å². The number of hydrogen-bond acceptors (Lipinski definition) is 3. The number of amides is 1. The van der Waals surface area contributed by atoms with Gasteiger partial charge >= 0.3 is 0 Å². The number of hydrogen-bond donors (Lipinski definition) is 2. The van der Waals surface area contributed by atoms with Crippen LogP contribution in [-0.4, -0.2) is 25.1 Å². The minimum absolute atomic E-state index is 0.0411. The van der Waals surface area contributed by atoms with Crippen molar-refractivity contribution in [1.29, 1.82) is 0 Å². The Bertz CT molecular complexity index is 418. The zero-order valence-electron chi connectivity index (χ0n) is 10.0. The van der Waals surface area contributed by atoms with Crippen LogP contribution in [0.3, 0.4) is 0 Å². The van der Waals surface area contributed by atoms with Gasteiger partial charge in [-0.3, -0.25) is 4.79 Å². The molecule has 0 aromatic heterocycles. The number of nitrogens with two attached hydrogens (primary N) is 1. The lowest BCUT2D eigenvalue weighted by Crippen LogP contribution is -2.34. The van der Waals surface area contributed by atoms with E-state index in [-0.39, 0.29) is 11.9 Å². The lowest BCUT2D eigenvalue weighted by atomic mass is 10.1. The summed E-state index contributed by atoms with van der Waals surface area (Å²) in [7, 11) is 0. The molecule has 0 aliphatic carbocycles. The number of fused-ring (bicyclic) bond motifs is 1. The van der Waals surface area contributed by atoms with Gasteiger partial charge in [0, 0.05) is 18.0 Å². The summed E-state index contributed by atoms with van der Waals surface area (Å²) in [6.45, 7) is 3.25. The van der Waals surface area contributed by atoms with Crippen LogP contribution in [0.25, 0.3) is 0 Å². The fourth-order valence-corrected chi connectivity index (χ4v) is 1.96. The van der Waals surface area contributed by atoms with E-state index in [2.05, 4.69) is 5.32 Å².